The van der Waals surface area contributed by atoms with E-state index in [1.165, 1.54) is 0 Å². The molecule has 0 aromatic carbocycles. The van der Waals surface area contributed by atoms with Crippen molar-refractivity contribution in [3.63, 3.8) is 0 Å². The van der Waals surface area contributed by atoms with Crippen molar-refractivity contribution in [2.75, 3.05) is 13.2 Å². The molecule has 152 valence electrons. The number of aromatic nitrogens is 1. The topological polar surface area (TPSA) is 101 Å². The first-order valence-corrected chi connectivity index (χ1v) is 9.96. The van der Waals surface area contributed by atoms with Gasteiger partial charge in [-0.25, -0.2) is 9.78 Å². The second kappa shape index (κ2) is 8.58. The summed E-state index contributed by atoms with van der Waals surface area (Å²) >= 11 is 0. The molecule has 8 heteroatoms. The largest absolute Gasteiger partial charge is 0.478 e. The maximum absolute atomic E-state index is 12.9. The van der Waals surface area contributed by atoms with Crippen LogP contribution in [0.1, 0.15) is 51.5 Å². The second-order valence-corrected chi connectivity index (χ2v) is 7.47. The number of rotatable bonds is 7. The number of imide groups is 1. The van der Waals surface area contributed by atoms with Crippen LogP contribution in [0.4, 0.5) is 4.79 Å². The summed E-state index contributed by atoms with van der Waals surface area (Å²) in [5, 5.41) is 5.59. The molecule has 0 bridgehead atoms. The smallest absolute Gasteiger partial charge is 0.325 e. The van der Waals surface area contributed by atoms with E-state index in [-0.39, 0.29) is 24.9 Å². The lowest BCUT2D eigenvalue weighted by molar-refractivity contribution is -0.136. The number of carbonyl (C=O) groups is 3. The number of hydrogen-bond donors (Lipinski definition) is 2. The average Bonchev–Trinajstić information content (AvgIpc) is 2.92. The molecular weight excluding hydrogens is 360 g/mol. The van der Waals surface area contributed by atoms with E-state index >= 15 is 0 Å². The summed E-state index contributed by atoms with van der Waals surface area (Å²) in [6, 6.07) is 3.05. The van der Waals surface area contributed by atoms with Gasteiger partial charge in [0.05, 0.1) is 6.61 Å². The normalized spacial score (nSPS) is 24.4. The van der Waals surface area contributed by atoms with Crippen LogP contribution in [0, 0.1) is 5.92 Å². The fourth-order valence-electron chi connectivity index (χ4n) is 3.92. The van der Waals surface area contributed by atoms with Crippen LogP contribution in [0.3, 0.4) is 0 Å². The van der Waals surface area contributed by atoms with Gasteiger partial charge in [-0.05, 0) is 50.2 Å². The Hall–Kier alpha value is -2.64. The van der Waals surface area contributed by atoms with Gasteiger partial charge in [0.1, 0.15) is 12.1 Å². The number of hydrogen-bond acceptors (Lipinski definition) is 5. The first-order chi connectivity index (χ1) is 13.5. The van der Waals surface area contributed by atoms with Crippen LogP contribution < -0.4 is 15.4 Å². The maximum Gasteiger partial charge on any atom is 0.325 e. The van der Waals surface area contributed by atoms with Crippen LogP contribution in [0.2, 0.25) is 0 Å². The van der Waals surface area contributed by atoms with Gasteiger partial charge >= 0.3 is 6.03 Å². The van der Waals surface area contributed by atoms with Gasteiger partial charge in [0.15, 0.2) is 0 Å². The predicted molar refractivity (Wildman–Crippen MR) is 102 cm³/mol. The van der Waals surface area contributed by atoms with Gasteiger partial charge in [0, 0.05) is 18.8 Å². The van der Waals surface area contributed by atoms with Crippen LogP contribution in [-0.2, 0) is 16.1 Å². The molecule has 1 saturated carbocycles. The molecule has 0 radical (unpaired) electrons. The Morgan fingerprint density at radius 2 is 2.11 bits per heavy atom. The molecule has 0 unspecified atom stereocenters. The highest BCUT2D eigenvalue weighted by Crippen LogP contribution is 2.37. The molecule has 28 heavy (non-hydrogen) atoms. The Kier molecular flexibility index (Phi) is 6.16. The Labute approximate surface area is 165 Å². The predicted octanol–water partition coefficient (Wildman–Crippen LogP) is 1.99. The molecule has 2 aliphatic rings. The summed E-state index contributed by atoms with van der Waals surface area (Å²) in [4.78, 5) is 42.6. The third-order valence-electron chi connectivity index (χ3n) is 5.66. The number of nitrogens with zero attached hydrogens (tertiary/aromatic N) is 2. The summed E-state index contributed by atoms with van der Waals surface area (Å²) < 4.78 is 5.34. The van der Waals surface area contributed by atoms with Crippen LogP contribution >= 0.6 is 0 Å². The van der Waals surface area contributed by atoms with Crippen LogP contribution in [0.15, 0.2) is 18.3 Å². The molecule has 2 heterocycles. The lowest BCUT2D eigenvalue weighted by Gasteiger charge is -2.34. The van der Waals surface area contributed by atoms with E-state index in [2.05, 4.69) is 22.5 Å². The molecule has 1 aliphatic carbocycles. The minimum atomic E-state index is -0.819. The SMILES string of the molecule is CCOc1cc(CNC(=O)CN2C(=O)NC3(CCC(CC)CC3)C2=O)ccn1. The lowest BCUT2D eigenvalue weighted by Crippen LogP contribution is -2.50. The molecule has 1 aromatic heterocycles. The molecule has 8 nitrogen and oxygen atoms in total. The fraction of sp³-hybridized carbons (Fsp3) is 0.600. The van der Waals surface area contributed by atoms with Crippen molar-refractivity contribution < 1.29 is 19.1 Å². The monoisotopic (exact) mass is 388 g/mol. The zero-order valence-electron chi connectivity index (χ0n) is 16.5. The minimum Gasteiger partial charge on any atom is -0.478 e. The molecule has 1 aliphatic heterocycles. The highest BCUT2D eigenvalue weighted by Gasteiger charge is 2.52. The maximum atomic E-state index is 12.9. The van der Waals surface area contributed by atoms with E-state index in [4.69, 9.17) is 4.74 Å². The van der Waals surface area contributed by atoms with Gasteiger partial charge in [0.2, 0.25) is 11.8 Å². The van der Waals surface area contributed by atoms with Crippen LogP contribution in [-0.4, -0.2) is 46.4 Å². The lowest BCUT2D eigenvalue weighted by atomic mass is 9.75. The Morgan fingerprint density at radius 3 is 2.79 bits per heavy atom. The highest BCUT2D eigenvalue weighted by atomic mass is 16.5. The van der Waals surface area contributed by atoms with Crippen molar-refractivity contribution in [1.82, 2.24) is 20.5 Å². The molecule has 0 atom stereocenters. The minimum absolute atomic E-state index is 0.271. The van der Waals surface area contributed by atoms with Crippen LogP contribution in [0.5, 0.6) is 5.88 Å². The van der Waals surface area contributed by atoms with E-state index in [0.717, 1.165) is 29.7 Å². The first-order valence-electron chi connectivity index (χ1n) is 9.96. The summed E-state index contributed by atoms with van der Waals surface area (Å²) in [6.45, 7) is 4.53. The van der Waals surface area contributed by atoms with E-state index in [1.807, 2.05) is 6.92 Å². The summed E-state index contributed by atoms with van der Waals surface area (Å²) in [5.41, 5.74) is 0.0129. The van der Waals surface area contributed by atoms with E-state index in [0.29, 0.717) is 31.2 Å². The van der Waals surface area contributed by atoms with Gasteiger partial charge < -0.3 is 15.4 Å². The molecule has 2 fully saturated rings. The van der Waals surface area contributed by atoms with Gasteiger partial charge in [0.25, 0.3) is 5.91 Å². The third-order valence-corrected chi connectivity index (χ3v) is 5.66. The number of pyridine rings is 1. The third kappa shape index (κ3) is 4.26. The average molecular weight is 388 g/mol. The molecule has 3 rings (SSSR count). The molecule has 2 N–H and O–H groups in total. The van der Waals surface area contributed by atoms with Crippen molar-refractivity contribution in [3.8, 4) is 5.88 Å². The van der Waals surface area contributed by atoms with Gasteiger partial charge in [-0.1, -0.05) is 13.3 Å². The van der Waals surface area contributed by atoms with Crippen molar-refractivity contribution in [2.45, 2.75) is 58.0 Å². The summed E-state index contributed by atoms with van der Waals surface area (Å²) in [5.74, 6) is 0.449. The Bertz CT molecular complexity index is 743. The zero-order chi connectivity index (χ0) is 20.1. The van der Waals surface area contributed by atoms with Crippen molar-refractivity contribution >= 4 is 17.8 Å². The number of nitrogens with one attached hydrogen (secondary N) is 2. The van der Waals surface area contributed by atoms with Crippen molar-refractivity contribution in [1.29, 1.82) is 0 Å². The number of urea groups is 1. The van der Waals surface area contributed by atoms with E-state index < -0.39 is 11.6 Å². The standard InChI is InChI=1S/C20H28N4O4/c1-3-14-5-8-20(9-6-14)18(26)24(19(27)23-20)13-16(25)22-12-15-7-10-21-17(11-15)28-4-2/h7,10-11,14H,3-6,8-9,12-13H2,1-2H3,(H,22,25)(H,23,27). The second-order valence-electron chi connectivity index (χ2n) is 7.47. The molecule has 4 amide bonds. The molecule has 1 spiro atoms. The van der Waals surface area contributed by atoms with E-state index in [9.17, 15) is 14.4 Å². The molecule has 1 saturated heterocycles. The summed E-state index contributed by atoms with van der Waals surface area (Å²) in [7, 11) is 0. The zero-order valence-corrected chi connectivity index (χ0v) is 16.5. The number of ether oxygens (including phenoxy) is 1. The van der Waals surface area contributed by atoms with Crippen LogP contribution in [0.25, 0.3) is 0 Å². The quantitative estimate of drug-likeness (QED) is 0.696. The highest BCUT2D eigenvalue weighted by molar-refractivity contribution is 6.09. The van der Waals surface area contributed by atoms with Gasteiger partial charge in [-0.3, -0.25) is 14.5 Å². The summed E-state index contributed by atoms with van der Waals surface area (Å²) in [6.07, 6.45) is 5.83. The number of amides is 4. The fourth-order valence-corrected chi connectivity index (χ4v) is 3.92. The Balaban J connectivity index is 1.55. The first kappa shape index (κ1) is 20.1. The molecule has 1 aromatic rings. The van der Waals surface area contributed by atoms with Crippen molar-refractivity contribution in [3.05, 3.63) is 23.9 Å². The van der Waals surface area contributed by atoms with Crippen molar-refractivity contribution in [2.24, 2.45) is 5.92 Å². The van der Waals surface area contributed by atoms with Gasteiger partial charge in [-0.15, -0.1) is 0 Å². The van der Waals surface area contributed by atoms with Gasteiger partial charge in [-0.2, -0.15) is 0 Å². The Morgan fingerprint density at radius 1 is 1.36 bits per heavy atom. The molecular formula is C20H28N4O4. The van der Waals surface area contributed by atoms with E-state index in [1.54, 1.807) is 18.3 Å². The number of carbonyl (C=O) groups excluding carboxylic acids is 3.